The molecule has 1 aromatic heterocycles. The van der Waals surface area contributed by atoms with Gasteiger partial charge in [0.05, 0.1) is 12.8 Å². The van der Waals surface area contributed by atoms with Gasteiger partial charge in [-0.1, -0.05) is 6.08 Å². The van der Waals surface area contributed by atoms with Crippen LogP contribution in [0, 0.1) is 0 Å². The zero-order chi connectivity index (χ0) is 10.7. The lowest BCUT2D eigenvalue weighted by atomic mass is 10.2. The fraction of sp³-hybridized carbons (Fsp3) is 0.300. The van der Waals surface area contributed by atoms with Crippen LogP contribution in [0.4, 0.5) is 0 Å². The van der Waals surface area contributed by atoms with Crippen molar-refractivity contribution < 1.29 is 14.6 Å². The zero-order valence-electron chi connectivity index (χ0n) is 8.23. The first kappa shape index (κ1) is 10.5. The summed E-state index contributed by atoms with van der Waals surface area (Å²) in [6.45, 7) is 3.47. The molecule has 1 unspecified atom stereocenters. The molecule has 0 saturated heterocycles. The van der Waals surface area contributed by atoms with E-state index >= 15 is 0 Å². The molecule has 1 atom stereocenters. The van der Waals surface area contributed by atoms with Crippen molar-refractivity contribution in [1.29, 1.82) is 0 Å². The SMILES string of the molecule is C=CC(O)c1ccc(C(=O)OC)n1C. The highest BCUT2D eigenvalue weighted by Gasteiger charge is 2.15. The Morgan fingerprint density at radius 2 is 2.36 bits per heavy atom. The van der Waals surface area contributed by atoms with Gasteiger partial charge < -0.3 is 14.4 Å². The summed E-state index contributed by atoms with van der Waals surface area (Å²) in [7, 11) is 3.01. The first-order valence-corrected chi connectivity index (χ1v) is 4.16. The fourth-order valence-corrected chi connectivity index (χ4v) is 1.25. The Labute approximate surface area is 82.4 Å². The number of hydrogen-bond donors (Lipinski definition) is 1. The highest BCUT2D eigenvalue weighted by Crippen LogP contribution is 2.16. The van der Waals surface area contributed by atoms with Crippen molar-refractivity contribution in [2.75, 3.05) is 7.11 Å². The zero-order valence-corrected chi connectivity index (χ0v) is 8.23. The molecule has 0 aromatic carbocycles. The van der Waals surface area contributed by atoms with Gasteiger partial charge in [0.15, 0.2) is 0 Å². The van der Waals surface area contributed by atoms with Gasteiger partial charge in [0.2, 0.25) is 0 Å². The molecule has 0 aliphatic carbocycles. The first-order chi connectivity index (χ1) is 6.61. The van der Waals surface area contributed by atoms with Gasteiger partial charge in [-0.15, -0.1) is 6.58 Å². The molecule has 0 spiro atoms. The molecule has 0 radical (unpaired) electrons. The van der Waals surface area contributed by atoms with Crippen molar-refractivity contribution in [1.82, 2.24) is 4.57 Å². The van der Waals surface area contributed by atoms with Gasteiger partial charge in [0.25, 0.3) is 0 Å². The molecule has 1 N–H and O–H groups in total. The van der Waals surface area contributed by atoms with Crippen molar-refractivity contribution in [2.45, 2.75) is 6.10 Å². The predicted octanol–water partition coefficient (Wildman–Crippen LogP) is 1.03. The summed E-state index contributed by atoms with van der Waals surface area (Å²) in [5, 5.41) is 9.49. The monoisotopic (exact) mass is 195 g/mol. The van der Waals surface area contributed by atoms with E-state index in [1.165, 1.54) is 13.2 Å². The molecule has 0 bridgehead atoms. The second-order valence-corrected chi connectivity index (χ2v) is 2.87. The molecular weight excluding hydrogens is 182 g/mol. The Hall–Kier alpha value is -1.55. The number of carbonyl (C=O) groups excluding carboxylic acids is 1. The Morgan fingerprint density at radius 1 is 1.71 bits per heavy atom. The molecule has 1 rings (SSSR count). The Kier molecular flexibility index (Phi) is 3.09. The maximum Gasteiger partial charge on any atom is 0.354 e. The first-order valence-electron chi connectivity index (χ1n) is 4.16. The lowest BCUT2D eigenvalue weighted by Crippen LogP contribution is -2.10. The summed E-state index contributed by atoms with van der Waals surface area (Å²) in [6.07, 6.45) is 0.634. The van der Waals surface area contributed by atoms with E-state index in [0.717, 1.165) is 0 Å². The Morgan fingerprint density at radius 3 is 2.86 bits per heavy atom. The third kappa shape index (κ3) is 1.70. The van der Waals surface area contributed by atoms with Crippen LogP contribution < -0.4 is 0 Å². The predicted molar refractivity (Wildman–Crippen MR) is 51.9 cm³/mol. The maximum atomic E-state index is 11.2. The smallest absolute Gasteiger partial charge is 0.354 e. The average molecular weight is 195 g/mol. The van der Waals surface area contributed by atoms with E-state index in [1.54, 1.807) is 23.7 Å². The average Bonchev–Trinajstić information content (AvgIpc) is 2.58. The van der Waals surface area contributed by atoms with E-state index < -0.39 is 12.1 Å². The molecule has 76 valence electrons. The number of rotatable bonds is 3. The van der Waals surface area contributed by atoms with Crippen LogP contribution in [0.2, 0.25) is 0 Å². The van der Waals surface area contributed by atoms with Gasteiger partial charge in [0, 0.05) is 7.05 Å². The maximum absolute atomic E-state index is 11.2. The second kappa shape index (κ2) is 4.11. The number of nitrogens with zero attached hydrogens (tertiary/aromatic N) is 1. The van der Waals surface area contributed by atoms with Crippen LogP contribution >= 0.6 is 0 Å². The van der Waals surface area contributed by atoms with Crippen LogP contribution in [0.5, 0.6) is 0 Å². The molecule has 4 nitrogen and oxygen atoms in total. The van der Waals surface area contributed by atoms with E-state index in [9.17, 15) is 9.90 Å². The van der Waals surface area contributed by atoms with E-state index in [4.69, 9.17) is 0 Å². The number of ether oxygens (including phenoxy) is 1. The number of aliphatic hydroxyl groups excluding tert-OH is 1. The van der Waals surface area contributed by atoms with Gasteiger partial charge >= 0.3 is 5.97 Å². The van der Waals surface area contributed by atoms with Crippen LogP contribution in [0.1, 0.15) is 22.3 Å². The topological polar surface area (TPSA) is 51.5 Å². The summed E-state index contributed by atoms with van der Waals surface area (Å²) in [5.74, 6) is -0.421. The largest absolute Gasteiger partial charge is 0.464 e. The van der Waals surface area contributed by atoms with Crippen LogP contribution in [-0.4, -0.2) is 22.8 Å². The van der Waals surface area contributed by atoms with Gasteiger partial charge in [-0.2, -0.15) is 0 Å². The van der Waals surface area contributed by atoms with Crippen molar-refractivity contribution in [3.8, 4) is 0 Å². The van der Waals surface area contributed by atoms with E-state index in [2.05, 4.69) is 11.3 Å². The summed E-state index contributed by atoms with van der Waals surface area (Å²) in [4.78, 5) is 11.2. The van der Waals surface area contributed by atoms with Crippen molar-refractivity contribution in [3.63, 3.8) is 0 Å². The minimum Gasteiger partial charge on any atom is -0.464 e. The van der Waals surface area contributed by atoms with Crippen LogP contribution in [0.3, 0.4) is 0 Å². The second-order valence-electron chi connectivity index (χ2n) is 2.87. The molecular formula is C10H13NO3. The fourth-order valence-electron chi connectivity index (χ4n) is 1.25. The summed E-state index contributed by atoms with van der Waals surface area (Å²) >= 11 is 0. The van der Waals surface area contributed by atoms with Gasteiger partial charge in [-0.3, -0.25) is 0 Å². The Bertz CT molecular complexity index is 354. The lowest BCUT2D eigenvalue weighted by molar-refractivity contribution is 0.0589. The minimum absolute atomic E-state index is 0.406. The number of methoxy groups -OCH3 is 1. The molecule has 0 fully saturated rings. The van der Waals surface area contributed by atoms with Gasteiger partial charge in [-0.05, 0) is 12.1 Å². The van der Waals surface area contributed by atoms with Crippen molar-refractivity contribution in [3.05, 3.63) is 36.2 Å². The summed E-state index contributed by atoms with van der Waals surface area (Å²) < 4.78 is 6.16. The number of aliphatic hydroxyl groups is 1. The van der Waals surface area contributed by atoms with E-state index in [0.29, 0.717) is 11.4 Å². The molecule has 1 aromatic rings. The molecule has 0 saturated carbocycles. The molecule has 0 aliphatic heterocycles. The highest BCUT2D eigenvalue weighted by atomic mass is 16.5. The molecule has 1 heterocycles. The standard InChI is InChI=1S/C10H13NO3/c1-4-9(12)7-5-6-8(11(7)2)10(13)14-3/h4-6,9,12H,1H2,2-3H3. The third-order valence-corrected chi connectivity index (χ3v) is 2.08. The quantitative estimate of drug-likeness (QED) is 0.579. The number of hydrogen-bond acceptors (Lipinski definition) is 3. The number of carbonyl (C=O) groups is 1. The van der Waals surface area contributed by atoms with Gasteiger partial charge in [0.1, 0.15) is 11.8 Å². The number of esters is 1. The highest BCUT2D eigenvalue weighted by molar-refractivity contribution is 5.87. The minimum atomic E-state index is -0.765. The van der Waals surface area contributed by atoms with Crippen molar-refractivity contribution in [2.24, 2.45) is 7.05 Å². The van der Waals surface area contributed by atoms with Crippen LogP contribution in [0.15, 0.2) is 24.8 Å². The third-order valence-electron chi connectivity index (χ3n) is 2.08. The van der Waals surface area contributed by atoms with E-state index in [-0.39, 0.29) is 0 Å². The number of aromatic nitrogens is 1. The van der Waals surface area contributed by atoms with E-state index in [1.807, 2.05) is 0 Å². The molecule has 0 amide bonds. The molecule has 14 heavy (non-hydrogen) atoms. The summed E-state index contributed by atoms with van der Waals surface area (Å²) in [6, 6.07) is 3.27. The van der Waals surface area contributed by atoms with Gasteiger partial charge in [-0.25, -0.2) is 4.79 Å². The molecule has 4 heteroatoms. The normalized spacial score (nSPS) is 12.2. The van der Waals surface area contributed by atoms with Crippen LogP contribution in [0.25, 0.3) is 0 Å². The molecule has 0 aliphatic rings. The Balaban J connectivity index is 3.08. The summed E-state index contributed by atoms with van der Waals surface area (Å²) in [5.41, 5.74) is 1.02. The lowest BCUT2D eigenvalue weighted by Gasteiger charge is -2.08. The van der Waals surface area contributed by atoms with Crippen molar-refractivity contribution >= 4 is 5.97 Å². The van der Waals surface area contributed by atoms with Crippen LogP contribution in [-0.2, 0) is 11.8 Å².